The zero-order valence-corrected chi connectivity index (χ0v) is 14.5. The highest BCUT2D eigenvalue weighted by Crippen LogP contribution is 2.20. The summed E-state index contributed by atoms with van der Waals surface area (Å²) >= 11 is 0. The molecule has 3 rings (SSSR count). The van der Waals surface area contributed by atoms with E-state index < -0.39 is 0 Å². The Morgan fingerprint density at radius 2 is 1.83 bits per heavy atom. The van der Waals surface area contributed by atoms with Crippen LogP contribution in [0.1, 0.15) is 12.5 Å². The molecule has 1 saturated heterocycles. The highest BCUT2D eigenvalue weighted by molar-refractivity contribution is 5.92. The largest absolute Gasteiger partial charge is 0.489 e. The molecule has 2 aromatic carbocycles. The Morgan fingerprint density at radius 1 is 1.17 bits per heavy atom. The van der Waals surface area contributed by atoms with Gasteiger partial charge in [-0.3, -0.25) is 4.79 Å². The van der Waals surface area contributed by atoms with Gasteiger partial charge < -0.3 is 15.4 Å². The average Bonchev–Trinajstić information content (AvgIpc) is 2.53. The smallest absolute Gasteiger partial charge is 0.227 e. The van der Waals surface area contributed by atoms with Crippen molar-refractivity contribution in [3.05, 3.63) is 60.2 Å². The Morgan fingerprint density at radius 3 is 2.42 bits per heavy atom. The predicted octanol–water partition coefficient (Wildman–Crippen LogP) is 3.48. The molecule has 5 heteroatoms. The van der Waals surface area contributed by atoms with E-state index in [1.54, 1.807) is 0 Å². The zero-order chi connectivity index (χ0) is 16.1. The number of ether oxygens (including phenoxy) is 1. The van der Waals surface area contributed by atoms with Crippen LogP contribution >= 0.6 is 12.4 Å². The highest BCUT2D eigenvalue weighted by atomic mass is 35.5. The lowest BCUT2D eigenvalue weighted by Crippen LogP contribution is -2.48. The maximum Gasteiger partial charge on any atom is 0.227 e. The maximum absolute atomic E-state index is 12.2. The van der Waals surface area contributed by atoms with Crippen molar-refractivity contribution in [2.45, 2.75) is 13.5 Å². The minimum atomic E-state index is 0. The minimum absolute atomic E-state index is 0. The van der Waals surface area contributed by atoms with Crippen molar-refractivity contribution in [1.29, 1.82) is 0 Å². The third-order valence-electron chi connectivity index (χ3n) is 4.30. The standard InChI is InChI=1S/C19H22N2O2.ClH/c1-14(16-11-20-12-16)19(22)21-17-7-9-18(10-8-17)23-13-15-5-3-2-4-6-15;/h2-10,14,16,20H,11-13H2,1H3,(H,21,22);1H. The van der Waals surface area contributed by atoms with E-state index in [9.17, 15) is 4.79 Å². The number of anilines is 1. The number of rotatable bonds is 6. The molecular weight excluding hydrogens is 324 g/mol. The molecule has 1 atom stereocenters. The summed E-state index contributed by atoms with van der Waals surface area (Å²) < 4.78 is 5.74. The molecule has 1 fully saturated rings. The first kappa shape index (κ1) is 18.3. The van der Waals surface area contributed by atoms with Gasteiger partial charge in [0.2, 0.25) is 5.91 Å². The Hall–Kier alpha value is -2.04. The van der Waals surface area contributed by atoms with E-state index in [1.807, 2.05) is 61.5 Å². The molecule has 0 aliphatic carbocycles. The van der Waals surface area contributed by atoms with Crippen molar-refractivity contribution in [2.75, 3.05) is 18.4 Å². The summed E-state index contributed by atoms with van der Waals surface area (Å²) in [6.07, 6.45) is 0. The van der Waals surface area contributed by atoms with E-state index in [4.69, 9.17) is 4.74 Å². The van der Waals surface area contributed by atoms with Crippen LogP contribution in [0.15, 0.2) is 54.6 Å². The van der Waals surface area contributed by atoms with Crippen LogP contribution in [0.4, 0.5) is 5.69 Å². The molecule has 2 N–H and O–H groups in total. The van der Waals surface area contributed by atoms with Crippen LogP contribution in [0.25, 0.3) is 0 Å². The molecule has 2 aromatic rings. The number of nitrogens with one attached hydrogen (secondary N) is 2. The van der Waals surface area contributed by atoms with Crippen molar-refractivity contribution >= 4 is 24.0 Å². The molecule has 0 radical (unpaired) electrons. The second-order valence-electron chi connectivity index (χ2n) is 5.99. The van der Waals surface area contributed by atoms with Gasteiger partial charge in [0.25, 0.3) is 0 Å². The number of carbonyl (C=O) groups excluding carboxylic acids is 1. The van der Waals surface area contributed by atoms with Gasteiger partial charge in [-0.15, -0.1) is 12.4 Å². The minimum Gasteiger partial charge on any atom is -0.489 e. The van der Waals surface area contributed by atoms with Gasteiger partial charge in [-0.1, -0.05) is 37.3 Å². The highest BCUT2D eigenvalue weighted by Gasteiger charge is 2.28. The van der Waals surface area contributed by atoms with Gasteiger partial charge in [0.15, 0.2) is 0 Å². The second kappa shape index (κ2) is 8.71. The number of carbonyl (C=O) groups is 1. The number of benzene rings is 2. The SMILES string of the molecule is CC(C(=O)Nc1ccc(OCc2ccccc2)cc1)C1CNC1.Cl. The summed E-state index contributed by atoms with van der Waals surface area (Å²) in [7, 11) is 0. The molecule has 4 nitrogen and oxygen atoms in total. The summed E-state index contributed by atoms with van der Waals surface area (Å²) in [5.41, 5.74) is 1.94. The first-order valence-electron chi connectivity index (χ1n) is 8.01. The van der Waals surface area contributed by atoms with Crippen molar-refractivity contribution in [3.8, 4) is 5.75 Å². The van der Waals surface area contributed by atoms with Crippen molar-refractivity contribution < 1.29 is 9.53 Å². The molecule has 0 saturated carbocycles. The molecule has 1 unspecified atom stereocenters. The maximum atomic E-state index is 12.2. The fourth-order valence-electron chi connectivity index (χ4n) is 2.51. The third-order valence-corrected chi connectivity index (χ3v) is 4.30. The quantitative estimate of drug-likeness (QED) is 0.842. The fourth-order valence-corrected chi connectivity index (χ4v) is 2.51. The predicted molar refractivity (Wildman–Crippen MR) is 98.6 cm³/mol. The van der Waals surface area contributed by atoms with Crippen LogP contribution < -0.4 is 15.4 Å². The molecule has 0 bridgehead atoms. The van der Waals surface area contributed by atoms with Gasteiger partial charge in [-0.05, 0) is 48.8 Å². The van der Waals surface area contributed by atoms with E-state index >= 15 is 0 Å². The van der Waals surface area contributed by atoms with Crippen molar-refractivity contribution in [2.24, 2.45) is 11.8 Å². The summed E-state index contributed by atoms with van der Waals surface area (Å²) in [4.78, 5) is 12.2. The average molecular weight is 347 g/mol. The summed E-state index contributed by atoms with van der Waals surface area (Å²) in [5.74, 6) is 1.35. The number of amides is 1. The van der Waals surface area contributed by atoms with E-state index in [0.29, 0.717) is 12.5 Å². The van der Waals surface area contributed by atoms with Crippen LogP contribution in [0.2, 0.25) is 0 Å². The topological polar surface area (TPSA) is 50.4 Å². The Bertz CT molecular complexity index is 642. The van der Waals surface area contributed by atoms with E-state index in [2.05, 4.69) is 10.6 Å². The van der Waals surface area contributed by atoms with Gasteiger partial charge in [-0.2, -0.15) is 0 Å². The molecule has 24 heavy (non-hydrogen) atoms. The normalized spacial score (nSPS) is 14.9. The van der Waals surface area contributed by atoms with Crippen LogP contribution in [0.5, 0.6) is 5.75 Å². The molecule has 1 aliphatic rings. The number of hydrogen-bond acceptors (Lipinski definition) is 3. The zero-order valence-electron chi connectivity index (χ0n) is 13.7. The Kier molecular flexibility index (Phi) is 6.64. The third kappa shape index (κ3) is 4.73. The number of hydrogen-bond donors (Lipinski definition) is 2. The first-order chi connectivity index (χ1) is 11.2. The van der Waals surface area contributed by atoms with Gasteiger partial charge in [0.05, 0.1) is 0 Å². The van der Waals surface area contributed by atoms with Crippen LogP contribution in [-0.2, 0) is 11.4 Å². The second-order valence-corrected chi connectivity index (χ2v) is 5.99. The van der Waals surface area contributed by atoms with Gasteiger partial charge in [0, 0.05) is 11.6 Å². The molecule has 128 valence electrons. The molecule has 0 aromatic heterocycles. The van der Waals surface area contributed by atoms with Crippen molar-refractivity contribution in [1.82, 2.24) is 5.32 Å². The lowest BCUT2D eigenvalue weighted by Gasteiger charge is -2.31. The van der Waals surface area contributed by atoms with Crippen LogP contribution in [0, 0.1) is 11.8 Å². The Balaban J connectivity index is 0.00000208. The molecule has 1 amide bonds. The van der Waals surface area contributed by atoms with E-state index in [0.717, 1.165) is 30.1 Å². The first-order valence-corrected chi connectivity index (χ1v) is 8.01. The van der Waals surface area contributed by atoms with Crippen LogP contribution in [-0.4, -0.2) is 19.0 Å². The fraction of sp³-hybridized carbons (Fsp3) is 0.316. The summed E-state index contributed by atoms with van der Waals surface area (Å²) in [5, 5.41) is 6.17. The lowest BCUT2D eigenvalue weighted by molar-refractivity contribution is -0.121. The Labute approximate surface area is 149 Å². The molecular formula is C19H23ClN2O2. The molecule has 1 heterocycles. The lowest BCUT2D eigenvalue weighted by atomic mass is 9.88. The van der Waals surface area contributed by atoms with Gasteiger partial charge >= 0.3 is 0 Å². The van der Waals surface area contributed by atoms with Gasteiger partial charge in [-0.25, -0.2) is 0 Å². The monoisotopic (exact) mass is 346 g/mol. The van der Waals surface area contributed by atoms with Crippen LogP contribution in [0.3, 0.4) is 0 Å². The number of halogens is 1. The molecule has 1 aliphatic heterocycles. The van der Waals surface area contributed by atoms with Crippen molar-refractivity contribution in [3.63, 3.8) is 0 Å². The van der Waals surface area contributed by atoms with E-state index in [1.165, 1.54) is 0 Å². The molecule has 0 spiro atoms. The van der Waals surface area contributed by atoms with E-state index in [-0.39, 0.29) is 24.2 Å². The summed E-state index contributed by atoms with van der Waals surface area (Å²) in [6.45, 7) is 4.39. The summed E-state index contributed by atoms with van der Waals surface area (Å²) in [6, 6.07) is 17.6. The van der Waals surface area contributed by atoms with Gasteiger partial charge in [0.1, 0.15) is 12.4 Å².